The normalized spacial score (nSPS) is 26.3. The van der Waals surface area contributed by atoms with Crippen molar-refractivity contribution in [3.63, 3.8) is 0 Å². The molecule has 162 valence electrons. The summed E-state index contributed by atoms with van der Waals surface area (Å²) in [6, 6.07) is 0. The van der Waals surface area contributed by atoms with Crippen LogP contribution in [0.15, 0.2) is 5.11 Å². The van der Waals surface area contributed by atoms with Gasteiger partial charge in [0.25, 0.3) is 0 Å². The highest BCUT2D eigenvalue weighted by Gasteiger charge is 2.48. The second-order valence-corrected chi connectivity index (χ2v) is 5.47. The van der Waals surface area contributed by atoms with E-state index >= 15 is 0 Å². The summed E-state index contributed by atoms with van der Waals surface area (Å²) in [6.45, 7) is -1.28. The summed E-state index contributed by atoms with van der Waals surface area (Å²) in [7, 11) is 0. The Kier molecular flexibility index (Phi) is 13.4. The van der Waals surface area contributed by atoms with E-state index in [9.17, 15) is 19.2 Å². The molecular weight excluding hydrogens is 394 g/mol. The van der Waals surface area contributed by atoms with Crippen LogP contribution in [0.4, 0.5) is 0 Å². The van der Waals surface area contributed by atoms with Gasteiger partial charge in [-0.2, -0.15) is 0 Å². The lowest BCUT2D eigenvalue weighted by atomic mass is 9.98. The third-order valence-electron chi connectivity index (χ3n) is 3.67. The molecule has 29 heavy (non-hydrogen) atoms. The molecule has 1 heterocycles. The Morgan fingerprint density at radius 1 is 0.828 bits per heavy atom. The van der Waals surface area contributed by atoms with Crippen LogP contribution < -0.4 is 0 Å². The fourth-order valence-electron chi connectivity index (χ4n) is 2.65. The Hall–Kier alpha value is -2.25. The van der Waals surface area contributed by atoms with E-state index in [0.29, 0.717) is 25.1 Å². The lowest BCUT2D eigenvalue weighted by Crippen LogP contribution is -2.62. The summed E-state index contributed by atoms with van der Waals surface area (Å²) in [4.78, 5) is 45.5. The molecule has 0 radical (unpaired) electrons. The minimum Gasteiger partial charge on any atom is -0.371 e. The fourth-order valence-corrected chi connectivity index (χ4v) is 2.65. The Balaban J connectivity index is 3.07. The third-order valence-corrected chi connectivity index (χ3v) is 3.67. The number of ether oxygens (including phenoxy) is 6. The van der Waals surface area contributed by atoms with Gasteiger partial charge in [-0.15, -0.1) is 0 Å². The maximum Gasteiger partial charge on any atom is 0.186 e. The number of aldehydes is 4. The first-order valence-corrected chi connectivity index (χ1v) is 8.68. The van der Waals surface area contributed by atoms with Gasteiger partial charge in [-0.1, -0.05) is 5.11 Å². The lowest BCUT2D eigenvalue weighted by Gasteiger charge is -2.45. The zero-order valence-corrected chi connectivity index (χ0v) is 15.6. The molecule has 0 aromatic carbocycles. The van der Waals surface area contributed by atoms with Crippen LogP contribution in [0, 0.1) is 0 Å². The predicted octanol–water partition coefficient (Wildman–Crippen LogP) is -0.994. The predicted molar refractivity (Wildman–Crippen MR) is 92.9 cm³/mol. The highest BCUT2D eigenvalue weighted by molar-refractivity contribution is 5.51. The molecule has 0 bridgehead atoms. The standard InChI is InChI=1S/C16H23N3O10/c17-19-18-1-6-28-16-15(27-10-5-23)14(26-9-4-22)13(25-8-3-21)12(29-16)11-24-7-2-20/h2-5,12-16H,1,6-11H2/t12-,13-,14+,15+,16+/m1/s1. The lowest BCUT2D eigenvalue weighted by molar-refractivity contribution is -0.318. The number of azide groups is 1. The van der Waals surface area contributed by atoms with Gasteiger partial charge < -0.3 is 47.6 Å². The van der Waals surface area contributed by atoms with Crippen molar-refractivity contribution in [3.8, 4) is 0 Å². The van der Waals surface area contributed by atoms with Gasteiger partial charge in [-0.3, -0.25) is 0 Å². The molecule has 0 saturated carbocycles. The molecule has 0 N–H and O–H groups in total. The zero-order valence-electron chi connectivity index (χ0n) is 15.6. The number of rotatable bonds is 17. The first-order valence-electron chi connectivity index (χ1n) is 8.68. The van der Waals surface area contributed by atoms with Crippen LogP contribution >= 0.6 is 0 Å². The smallest absolute Gasteiger partial charge is 0.186 e. The Morgan fingerprint density at radius 2 is 1.41 bits per heavy atom. The molecule has 13 heteroatoms. The molecule has 0 aliphatic carbocycles. The molecule has 0 aromatic rings. The van der Waals surface area contributed by atoms with Crippen LogP contribution in [-0.4, -0.2) is 102 Å². The largest absolute Gasteiger partial charge is 0.371 e. The molecule has 0 spiro atoms. The summed E-state index contributed by atoms with van der Waals surface area (Å²) in [5.74, 6) is 0. The summed E-state index contributed by atoms with van der Waals surface area (Å²) < 4.78 is 33.0. The summed E-state index contributed by atoms with van der Waals surface area (Å²) in [5, 5.41) is 3.35. The minimum atomic E-state index is -1.10. The van der Waals surface area contributed by atoms with E-state index in [1.165, 1.54) is 0 Å². The van der Waals surface area contributed by atoms with Gasteiger partial charge in [0.2, 0.25) is 0 Å². The molecule has 1 aliphatic heterocycles. The number of carbonyl (C=O) groups excluding carboxylic acids is 4. The van der Waals surface area contributed by atoms with Crippen LogP contribution in [0.25, 0.3) is 10.4 Å². The first-order chi connectivity index (χ1) is 14.2. The van der Waals surface area contributed by atoms with E-state index in [1.54, 1.807) is 0 Å². The van der Waals surface area contributed by atoms with Crippen molar-refractivity contribution in [1.29, 1.82) is 0 Å². The molecular formula is C16H23N3O10. The van der Waals surface area contributed by atoms with Crippen molar-refractivity contribution >= 4 is 25.1 Å². The van der Waals surface area contributed by atoms with Crippen LogP contribution in [-0.2, 0) is 47.6 Å². The Morgan fingerprint density at radius 3 is 2.00 bits per heavy atom. The second kappa shape index (κ2) is 15.6. The highest BCUT2D eigenvalue weighted by Crippen LogP contribution is 2.29. The Labute approximate surface area is 166 Å². The molecule has 0 amide bonds. The molecule has 1 rings (SSSR count). The summed E-state index contributed by atoms with van der Waals surface area (Å²) >= 11 is 0. The van der Waals surface area contributed by atoms with E-state index < -0.39 is 30.7 Å². The summed E-state index contributed by atoms with van der Waals surface area (Å²) in [5.41, 5.74) is 8.36. The number of carbonyl (C=O) groups is 4. The molecule has 0 aromatic heterocycles. The van der Waals surface area contributed by atoms with Gasteiger partial charge in [0, 0.05) is 11.5 Å². The number of nitrogens with zero attached hydrogens (tertiary/aromatic N) is 3. The molecule has 1 saturated heterocycles. The average Bonchev–Trinajstić information content (AvgIpc) is 2.73. The monoisotopic (exact) mass is 417 g/mol. The topological polar surface area (TPSA) is 172 Å². The molecule has 0 unspecified atom stereocenters. The van der Waals surface area contributed by atoms with Crippen LogP contribution in [0.3, 0.4) is 0 Å². The van der Waals surface area contributed by atoms with Gasteiger partial charge in [0.15, 0.2) is 6.29 Å². The molecule has 5 atom stereocenters. The van der Waals surface area contributed by atoms with Crippen molar-refractivity contribution < 1.29 is 47.6 Å². The van der Waals surface area contributed by atoms with Gasteiger partial charge >= 0.3 is 0 Å². The van der Waals surface area contributed by atoms with Crippen LogP contribution in [0.5, 0.6) is 0 Å². The fraction of sp³-hybridized carbons (Fsp3) is 0.750. The number of hydrogen-bond acceptors (Lipinski definition) is 11. The highest BCUT2D eigenvalue weighted by atomic mass is 16.7. The van der Waals surface area contributed by atoms with E-state index in [0.717, 1.165) is 0 Å². The molecule has 1 aliphatic rings. The van der Waals surface area contributed by atoms with Crippen molar-refractivity contribution in [2.24, 2.45) is 5.11 Å². The average molecular weight is 417 g/mol. The Bertz CT molecular complexity index is 557. The van der Waals surface area contributed by atoms with E-state index in [-0.39, 0.29) is 46.2 Å². The van der Waals surface area contributed by atoms with E-state index in [4.69, 9.17) is 34.0 Å². The minimum absolute atomic E-state index is 0.00794. The molecule has 1 fully saturated rings. The van der Waals surface area contributed by atoms with Crippen molar-refractivity contribution in [3.05, 3.63) is 10.4 Å². The van der Waals surface area contributed by atoms with E-state index in [1.807, 2.05) is 0 Å². The van der Waals surface area contributed by atoms with E-state index in [2.05, 4.69) is 10.0 Å². The van der Waals surface area contributed by atoms with Crippen molar-refractivity contribution in [2.45, 2.75) is 30.7 Å². The maximum absolute atomic E-state index is 10.8. The van der Waals surface area contributed by atoms with Crippen LogP contribution in [0.2, 0.25) is 0 Å². The van der Waals surface area contributed by atoms with Crippen molar-refractivity contribution in [1.82, 2.24) is 0 Å². The van der Waals surface area contributed by atoms with Crippen LogP contribution in [0.1, 0.15) is 0 Å². The maximum atomic E-state index is 10.8. The summed E-state index contributed by atoms with van der Waals surface area (Å²) in [6.07, 6.45) is -2.77. The van der Waals surface area contributed by atoms with Gasteiger partial charge in [-0.05, 0) is 5.53 Å². The quantitative estimate of drug-likeness (QED) is 0.0939. The van der Waals surface area contributed by atoms with Gasteiger partial charge in [0.1, 0.15) is 76.0 Å². The second-order valence-electron chi connectivity index (χ2n) is 5.47. The first kappa shape index (κ1) is 24.8. The van der Waals surface area contributed by atoms with Gasteiger partial charge in [0.05, 0.1) is 13.2 Å². The third kappa shape index (κ3) is 8.75. The molecule has 13 nitrogen and oxygen atoms in total. The zero-order chi connectivity index (χ0) is 21.3. The van der Waals surface area contributed by atoms with Gasteiger partial charge in [-0.25, -0.2) is 0 Å². The SMILES string of the molecule is [N-]=[N+]=NCCO[C@H]1O[C@H](COCC=O)[C@@H](OCC=O)[C@H](OCC=O)[C@@H]1OCC=O. The number of hydrogen-bond donors (Lipinski definition) is 0. The van der Waals surface area contributed by atoms with Crippen molar-refractivity contribution in [2.75, 3.05) is 46.2 Å².